The van der Waals surface area contributed by atoms with Gasteiger partial charge in [0, 0.05) is 18.2 Å². The summed E-state index contributed by atoms with van der Waals surface area (Å²) in [5.74, 6) is -3.66. The maximum atomic E-state index is 14.1. The number of hydrogen-bond donors (Lipinski definition) is 2. The van der Waals surface area contributed by atoms with Crippen molar-refractivity contribution in [2.45, 2.75) is 51.4 Å². The molecular formula is C20H28F4N2O4. The fourth-order valence-corrected chi connectivity index (χ4v) is 3.41. The van der Waals surface area contributed by atoms with Gasteiger partial charge < -0.3 is 10.2 Å². The summed E-state index contributed by atoms with van der Waals surface area (Å²) in [7, 11) is 1.88. The molecule has 2 rings (SSSR count). The van der Waals surface area contributed by atoms with Gasteiger partial charge in [0.05, 0.1) is 6.54 Å². The van der Waals surface area contributed by atoms with Crippen molar-refractivity contribution < 1.29 is 37.4 Å². The van der Waals surface area contributed by atoms with Gasteiger partial charge in [0.1, 0.15) is 5.82 Å². The molecule has 1 saturated heterocycles. The predicted octanol–water partition coefficient (Wildman–Crippen LogP) is 3.39. The fourth-order valence-electron chi connectivity index (χ4n) is 3.41. The summed E-state index contributed by atoms with van der Waals surface area (Å²) in [5, 5.41) is 16.1. The summed E-state index contributed by atoms with van der Waals surface area (Å²) in [4.78, 5) is 24.0. The highest BCUT2D eigenvalue weighted by atomic mass is 19.4. The molecule has 1 aliphatic heterocycles. The zero-order valence-corrected chi connectivity index (χ0v) is 17.1. The van der Waals surface area contributed by atoms with Crippen LogP contribution in [0.5, 0.6) is 0 Å². The van der Waals surface area contributed by atoms with Crippen molar-refractivity contribution >= 4 is 11.9 Å². The summed E-state index contributed by atoms with van der Waals surface area (Å²) < 4.78 is 45.9. The van der Waals surface area contributed by atoms with Crippen LogP contribution in [0, 0.1) is 5.82 Å². The maximum absolute atomic E-state index is 14.1. The smallest absolute Gasteiger partial charge is 0.480 e. The second-order valence-corrected chi connectivity index (χ2v) is 7.20. The lowest BCUT2D eigenvalue weighted by atomic mass is 10.0. The second-order valence-electron chi connectivity index (χ2n) is 7.20. The SMILES string of the molecule is CCc1cccc(F)c1CN1CCCC(N(C)CC(=O)O)CC1.O=C(O)C(F)(F)F. The molecule has 0 bridgehead atoms. The van der Waals surface area contributed by atoms with Gasteiger partial charge in [0.2, 0.25) is 0 Å². The molecule has 1 unspecified atom stereocenters. The minimum Gasteiger partial charge on any atom is -0.480 e. The van der Waals surface area contributed by atoms with Crippen molar-refractivity contribution in [2.75, 3.05) is 26.7 Å². The number of halogens is 4. The number of rotatable bonds is 6. The summed E-state index contributed by atoms with van der Waals surface area (Å²) in [6.45, 7) is 4.60. The highest BCUT2D eigenvalue weighted by molar-refractivity contribution is 5.73. The molecule has 30 heavy (non-hydrogen) atoms. The van der Waals surface area contributed by atoms with Crippen LogP contribution in [-0.4, -0.2) is 70.9 Å². The number of alkyl halides is 3. The molecule has 1 atom stereocenters. The van der Waals surface area contributed by atoms with Gasteiger partial charge in [-0.3, -0.25) is 14.6 Å². The molecule has 1 aromatic carbocycles. The quantitative estimate of drug-likeness (QED) is 0.666. The molecule has 0 aliphatic carbocycles. The number of likely N-dealkylation sites (N-methyl/N-ethyl adjacent to an activating group) is 1. The van der Waals surface area contributed by atoms with E-state index in [9.17, 15) is 22.4 Å². The molecule has 6 nitrogen and oxygen atoms in total. The summed E-state index contributed by atoms with van der Waals surface area (Å²) in [6.07, 6.45) is -1.30. The Hall–Kier alpha value is -2.20. The summed E-state index contributed by atoms with van der Waals surface area (Å²) in [6, 6.07) is 5.61. The highest BCUT2D eigenvalue weighted by Crippen LogP contribution is 2.21. The number of nitrogens with zero attached hydrogens (tertiary/aromatic N) is 2. The molecule has 0 amide bonds. The van der Waals surface area contributed by atoms with E-state index in [-0.39, 0.29) is 12.4 Å². The van der Waals surface area contributed by atoms with Crippen molar-refractivity contribution in [3.63, 3.8) is 0 Å². The van der Waals surface area contributed by atoms with Gasteiger partial charge in [0.15, 0.2) is 0 Å². The largest absolute Gasteiger partial charge is 0.490 e. The van der Waals surface area contributed by atoms with E-state index in [0.29, 0.717) is 12.6 Å². The number of hydrogen-bond acceptors (Lipinski definition) is 4. The third-order valence-corrected chi connectivity index (χ3v) is 5.02. The van der Waals surface area contributed by atoms with Crippen molar-refractivity contribution in [3.05, 3.63) is 35.1 Å². The van der Waals surface area contributed by atoms with Gasteiger partial charge >= 0.3 is 18.1 Å². The Labute approximate surface area is 173 Å². The van der Waals surface area contributed by atoms with Gasteiger partial charge in [-0.15, -0.1) is 0 Å². The van der Waals surface area contributed by atoms with Crippen LogP contribution in [0.25, 0.3) is 0 Å². The number of carboxylic acid groups (broad SMARTS) is 2. The summed E-state index contributed by atoms with van der Waals surface area (Å²) in [5.41, 5.74) is 1.89. The number of aryl methyl sites for hydroxylation is 1. The van der Waals surface area contributed by atoms with Crippen LogP contribution in [0.15, 0.2) is 18.2 Å². The number of aliphatic carboxylic acids is 2. The standard InChI is InChI=1S/C18H27FN2O2.C2HF3O2/c1-3-14-6-4-8-17(19)16(14)12-21-10-5-7-15(9-11-21)20(2)13-18(22)23;3-2(4,5)1(6)7/h4,6,8,15H,3,5,7,9-13H2,1-2H3,(H,22,23);(H,6,7). The van der Waals surface area contributed by atoms with E-state index in [2.05, 4.69) is 11.8 Å². The molecule has 0 spiro atoms. The van der Waals surface area contributed by atoms with Gasteiger partial charge in [-0.05, 0) is 57.5 Å². The first-order chi connectivity index (χ1) is 14.0. The third kappa shape index (κ3) is 8.66. The van der Waals surface area contributed by atoms with E-state index in [1.54, 1.807) is 6.07 Å². The molecule has 1 aromatic rings. The minimum atomic E-state index is -5.08. The molecule has 0 radical (unpaired) electrons. The molecule has 0 saturated carbocycles. The molecule has 1 heterocycles. The first-order valence-corrected chi connectivity index (χ1v) is 9.66. The van der Waals surface area contributed by atoms with Crippen LogP contribution in [0.4, 0.5) is 17.6 Å². The van der Waals surface area contributed by atoms with E-state index >= 15 is 0 Å². The topological polar surface area (TPSA) is 81.1 Å². The van der Waals surface area contributed by atoms with E-state index < -0.39 is 18.1 Å². The molecule has 1 aliphatic rings. The van der Waals surface area contributed by atoms with Crippen LogP contribution in [-0.2, 0) is 22.6 Å². The van der Waals surface area contributed by atoms with Crippen LogP contribution in [0.1, 0.15) is 37.3 Å². The Bertz CT molecular complexity index is 713. The lowest BCUT2D eigenvalue weighted by molar-refractivity contribution is -0.192. The zero-order chi connectivity index (χ0) is 22.9. The first kappa shape index (κ1) is 25.8. The average molecular weight is 436 g/mol. The summed E-state index contributed by atoms with van der Waals surface area (Å²) >= 11 is 0. The first-order valence-electron chi connectivity index (χ1n) is 9.66. The van der Waals surface area contributed by atoms with E-state index in [0.717, 1.165) is 49.9 Å². The molecular weight excluding hydrogens is 408 g/mol. The Morgan fingerprint density at radius 3 is 2.37 bits per heavy atom. The predicted molar refractivity (Wildman–Crippen MR) is 103 cm³/mol. The number of benzene rings is 1. The normalized spacial score (nSPS) is 17.8. The Morgan fingerprint density at radius 2 is 1.83 bits per heavy atom. The van der Waals surface area contributed by atoms with Crippen molar-refractivity contribution in [1.82, 2.24) is 9.80 Å². The Morgan fingerprint density at radius 1 is 1.20 bits per heavy atom. The van der Waals surface area contributed by atoms with Gasteiger partial charge in [-0.2, -0.15) is 13.2 Å². The molecule has 10 heteroatoms. The van der Waals surface area contributed by atoms with E-state index in [1.165, 1.54) is 6.07 Å². The molecule has 0 aromatic heterocycles. The number of likely N-dealkylation sites (tertiary alicyclic amines) is 1. The van der Waals surface area contributed by atoms with Crippen LogP contribution in [0.3, 0.4) is 0 Å². The maximum Gasteiger partial charge on any atom is 0.490 e. The zero-order valence-electron chi connectivity index (χ0n) is 17.1. The van der Waals surface area contributed by atoms with Gasteiger partial charge in [-0.25, -0.2) is 9.18 Å². The average Bonchev–Trinajstić information content (AvgIpc) is 2.88. The van der Waals surface area contributed by atoms with Crippen molar-refractivity contribution in [1.29, 1.82) is 0 Å². The van der Waals surface area contributed by atoms with Gasteiger partial charge in [-0.1, -0.05) is 19.1 Å². The van der Waals surface area contributed by atoms with Crippen LogP contribution < -0.4 is 0 Å². The lowest BCUT2D eigenvalue weighted by Crippen LogP contribution is -2.36. The fraction of sp³-hybridized carbons (Fsp3) is 0.600. The monoisotopic (exact) mass is 436 g/mol. The van der Waals surface area contributed by atoms with Crippen molar-refractivity contribution in [2.24, 2.45) is 0 Å². The number of carbonyl (C=O) groups is 2. The molecule has 1 fully saturated rings. The van der Waals surface area contributed by atoms with Crippen LogP contribution >= 0.6 is 0 Å². The molecule has 170 valence electrons. The second kappa shape index (κ2) is 11.8. The number of carboxylic acids is 2. The minimum absolute atomic E-state index is 0.0813. The highest BCUT2D eigenvalue weighted by Gasteiger charge is 2.38. The Kier molecular flexibility index (Phi) is 10.2. The van der Waals surface area contributed by atoms with Crippen LogP contribution in [0.2, 0.25) is 0 Å². The lowest BCUT2D eigenvalue weighted by Gasteiger charge is -2.26. The third-order valence-electron chi connectivity index (χ3n) is 5.02. The van der Waals surface area contributed by atoms with Gasteiger partial charge in [0.25, 0.3) is 0 Å². The van der Waals surface area contributed by atoms with Crippen molar-refractivity contribution in [3.8, 4) is 0 Å². The molecule has 2 N–H and O–H groups in total. The van der Waals surface area contributed by atoms with E-state index in [1.807, 2.05) is 18.0 Å². The van der Waals surface area contributed by atoms with E-state index in [4.69, 9.17) is 15.0 Å². The Balaban J connectivity index is 0.000000553.